The van der Waals surface area contributed by atoms with Crippen molar-refractivity contribution in [3.63, 3.8) is 0 Å². The average Bonchev–Trinajstić information content (AvgIpc) is 3.52. The van der Waals surface area contributed by atoms with Crippen molar-refractivity contribution in [1.82, 2.24) is 16.0 Å². The third-order valence-corrected chi connectivity index (χ3v) is 9.54. The highest BCUT2D eigenvalue weighted by molar-refractivity contribution is 7.09. The predicted octanol–water partition coefficient (Wildman–Crippen LogP) is 3.86. The number of thiophene rings is 1. The first-order valence-electron chi connectivity index (χ1n) is 16.9. The van der Waals surface area contributed by atoms with Gasteiger partial charge in [-0.15, -0.1) is 11.3 Å². The first-order chi connectivity index (χ1) is 22.2. The number of carbonyl (C=O) groups is 3. The molecular weight excluding hydrogens is 616 g/mol. The van der Waals surface area contributed by atoms with Crippen LogP contribution in [0.4, 0.5) is 0 Å². The first-order valence-corrected chi connectivity index (χ1v) is 17.8. The number of nitrogens with two attached hydrogens (primary N) is 1. The van der Waals surface area contributed by atoms with Crippen molar-refractivity contribution in [3.05, 3.63) is 52.2 Å². The molecule has 1 aromatic heterocycles. The molecule has 3 rings (SSSR count). The van der Waals surface area contributed by atoms with Crippen LogP contribution in [0.15, 0.2) is 41.8 Å². The number of hydrogen-bond donors (Lipinski definition) is 6. The third kappa shape index (κ3) is 13.6. The summed E-state index contributed by atoms with van der Waals surface area (Å²) >= 11 is 1.48. The van der Waals surface area contributed by atoms with Gasteiger partial charge in [0.05, 0.1) is 19.3 Å². The lowest BCUT2D eigenvalue weighted by molar-refractivity contribution is -0.133. The highest BCUT2D eigenvalue weighted by Crippen LogP contribution is 2.29. The van der Waals surface area contributed by atoms with Gasteiger partial charge in [-0.25, -0.2) is 0 Å². The van der Waals surface area contributed by atoms with E-state index in [1.54, 1.807) is 33.1 Å². The average molecular weight is 673 g/mol. The number of aliphatic hydroxyl groups excluding tert-OH is 2. The van der Waals surface area contributed by atoms with E-state index < -0.39 is 47.7 Å². The van der Waals surface area contributed by atoms with Gasteiger partial charge in [-0.05, 0) is 67.7 Å². The molecule has 0 unspecified atom stereocenters. The van der Waals surface area contributed by atoms with Crippen molar-refractivity contribution in [1.29, 1.82) is 0 Å². The van der Waals surface area contributed by atoms with Crippen molar-refractivity contribution in [3.8, 4) is 5.75 Å². The van der Waals surface area contributed by atoms with Crippen LogP contribution in [0.5, 0.6) is 5.75 Å². The zero-order valence-corrected chi connectivity index (χ0v) is 29.5. The molecule has 5 atom stereocenters. The zero-order chi connectivity index (χ0) is 34.6. The summed E-state index contributed by atoms with van der Waals surface area (Å²) in [4.78, 5) is 41.8. The zero-order valence-electron chi connectivity index (χ0n) is 28.7. The highest BCUT2D eigenvalue weighted by atomic mass is 32.1. The monoisotopic (exact) mass is 672 g/mol. The maximum atomic E-state index is 14.0. The van der Waals surface area contributed by atoms with Gasteiger partial charge in [-0.2, -0.15) is 0 Å². The Bertz CT molecular complexity index is 1240. The Kier molecular flexibility index (Phi) is 15.2. The summed E-state index contributed by atoms with van der Waals surface area (Å²) in [7, 11) is 1.57. The fourth-order valence-corrected chi connectivity index (χ4v) is 6.97. The lowest BCUT2D eigenvalue weighted by Crippen LogP contribution is -2.58. The minimum Gasteiger partial charge on any atom is -0.497 e. The van der Waals surface area contributed by atoms with Gasteiger partial charge in [0, 0.05) is 29.7 Å². The van der Waals surface area contributed by atoms with Crippen LogP contribution in [-0.2, 0) is 27.2 Å². The number of methoxy groups -OCH3 is 1. The number of aliphatic hydroxyl groups is 2. The SMILES string of the molecule is COc1ccc(C[C@H](NC(=O)CC(C)(C)N)C(=O)N[C@@H](Cc2cccs2)C(=O)N[C@@H](CC2CCCCC2)[C@@H](O)[C@@H](O)CC(C)C)cc1. The summed E-state index contributed by atoms with van der Waals surface area (Å²) in [6.07, 6.45) is 4.66. The van der Waals surface area contributed by atoms with Gasteiger partial charge in [-0.1, -0.05) is 64.2 Å². The van der Waals surface area contributed by atoms with Gasteiger partial charge >= 0.3 is 0 Å². The van der Waals surface area contributed by atoms with Crippen LogP contribution < -0.4 is 26.4 Å². The molecule has 1 aromatic carbocycles. The van der Waals surface area contributed by atoms with Crippen LogP contribution in [0.3, 0.4) is 0 Å². The molecular formula is C36H56N4O6S. The van der Waals surface area contributed by atoms with Crippen molar-refractivity contribution >= 4 is 29.1 Å². The van der Waals surface area contributed by atoms with E-state index >= 15 is 0 Å². The van der Waals surface area contributed by atoms with Crippen LogP contribution >= 0.6 is 11.3 Å². The molecule has 0 bridgehead atoms. The van der Waals surface area contributed by atoms with E-state index in [-0.39, 0.29) is 31.1 Å². The topological polar surface area (TPSA) is 163 Å². The molecule has 1 heterocycles. The minimum absolute atomic E-state index is 0.0118. The largest absolute Gasteiger partial charge is 0.497 e. The molecule has 1 fully saturated rings. The second-order valence-corrected chi connectivity index (χ2v) is 15.3. The Labute approximate surface area is 284 Å². The Morgan fingerprint density at radius 2 is 1.60 bits per heavy atom. The first kappa shape index (κ1) is 38.5. The lowest BCUT2D eigenvalue weighted by Gasteiger charge is -2.34. The second-order valence-electron chi connectivity index (χ2n) is 14.2. The molecule has 1 aliphatic rings. The molecule has 10 nitrogen and oxygen atoms in total. The third-order valence-electron chi connectivity index (χ3n) is 8.64. The smallest absolute Gasteiger partial charge is 0.243 e. The van der Waals surface area contributed by atoms with E-state index in [9.17, 15) is 24.6 Å². The number of carbonyl (C=O) groups excluding carboxylic acids is 3. The number of hydrogen-bond acceptors (Lipinski definition) is 8. The number of rotatable bonds is 18. The van der Waals surface area contributed by atoms with E-state index in [2.05, 4.69) is 16.0 Å². The number of benzene rings is 1. The summed E-state index contributed by atoms with van der Waals surface area (Å²) in [6.45, 7) is 7.44. The normalized spacial score (nSPS) is 17.3. The maximum absolute atomic E-state index is 14.0. The Morgan fingerprint density at radius 3 is 2.17 bits per heavy atom. The summed E-state index contributed by atoms with van der Waals surface area (Å²) in [6, 6.07) is 8.37. The van der Waals surface area contributed by atoms with Gasteiger partial charge in [0.1, 0.15) is 23.9 Å². The van der Waals surface area contributed by atoms with Crippen molar-refractivity contribution in [2.45, 2.75) is 128 Å². The highest BCUT2D eigenvalue weighted by Gasteiger charge is 2.34. The summed E-state index contributed by atoms with van der Waals surface area (Å²) < 4.78 is 5.26. The molecule has 47 heavy (non-hydrogen) atoms. The molecule has 0 aliphatic heterocycles. The Balaban J connectivity index is 1.85. The van der Waals surface area contributed by atoms with Crippen LogP contribution in [0.1, 0.15) is 89.5 Å². The van der Waals surface area contributed by atoms with Crippen LogP contribution in [0, 0.1) is 11.8 Å². The van der Waals surface area contributed by atoms with Gasteiger partial charge in [0.15, 0.2) is 0 Å². The molecule has 2 aromatic rings. The second kappa shape index (κ2) is 18.5. The van der Waals surface area contributed by atoms with Gasteiger partial charge < -0.3 is 36.6 Å². The van der Waals surface area contributed by atoms with E-state index in [4.69, 9.17) is 10.5 Å². The molecule has 1 saturated carbocycles. The number of ether oxygens (including phenoxy) is 1. The molecule has 0 spiro atoms. The Hall–Kier alpha value is -2.99. The van der Waals surface area contributed by atoms with E-state index in [1.165, 1.54) is 17.8 Å². The molecule has 11 heteroatoms. The fraction of sp³-hybridized carbons (Fsp3) is 0.639. The predicted molar refractivity (Wildman–Crippen MR) is 186 cm³/mol. The van der Waals surface area contributed by atoms with Crippen LogP contribution in [-0.4, -0.2) is 70.9 Å². The molecule has 0 saturated heterocycles. The summed E-state index contributed by atoms with van der Waals surface area (Å²) in [5.41, 5.74) is 6.11. The van der Waals surface area contributed by atoms with Crippen LogP contribution in [0.2, 0.25) is 0 Å². The van der Waals surface area contributed by atoms with Gasteiger partial charge in [-0.3, -0.25) is 14.4 Å². The minimum atomic E-state index is -1.15. The Morgan fingerprint density at radius 1 is 0.957 bits per heavy atom. The standard InChI is InChI=1S/C36H56N4O6S/c1-23(2)18-31(41)33(43)28(19-24-10-7-6-8-11-24)39-35(45)30(21-27-12-9-17-47-27)40-34(44)29(38-32(42)22-36(3,4)37)20-25-13-15-26(46-5)16-14-25/h9,12-17,23-24,28-31,33,41,43H,6-8,10-11,18-22,37H2,1-5H3,(H,38,42)(H,39,45)(H,40,44)/t28-,29-,30-,31-,33+/m0/s1. The molecule has 3 amide bonds. The van der Waals surface area contributed by atoms with Crippen molar-refractivity contribution < 1.29 is 29.3 Å². The summed E-state index contributed by atoms with van der Waals surface area (Å²) in [5.74, 6) is -0.165. The lowest BCUT2D eigenvalue weighted by atomic mass is 9.82. The quantitative estimate of drug-likeness (QED) is 0.140. The molecule has 0 radical (unpaired) electrons. The molecule has 1 aliphatic carbocycles. The number of nitrogens with one attached hydrogen (secondary N) is 3. The van der Waals surface area contributed by atoms with Crippen molar-refractivity contribution in [2.75, 3.05) is 7.11 Å². The van der Waals surface area contributed by atoms with Gasteiger partial charge in [0.25, 0.3) is 0 Å². The van der Waals surface area contributed by atoms with Crippen molar-refractivity contribution in [2.24, 2.45) is 17.6 Å². The van der Waals surface area contributed by atoms with E-state index in [0.29, 0.717) is 24.5 Å². The van der Waals surface area contributed by atoms with E-state index in [0.717, 1.165) is 36.1 Å². The van der Waals surface area contributed by atoms with Gasteiger partial charge in [0.2, 0.25) is 17.7 Å². The fourth-order valence-electron chi connectivity index (χ4n) is 6.22. The number of amides is 3. The van der Waals surface area contributed by atoms with Crippen LogP contribution in [0.25, 0.3) is 0 Å². The van der Waals surface area contributed by atoms with E-state index in [1.807, 2.05) is 43.5 Å². The molecule has 7 N–H and O–H groups in total. The molecule has 262 valence electrons. The summed E-state index contributed by atoms with van der Waals surface area (Å²) in [5, 5.41) is 32.9. The maximum Gasteiger partial charge on any atom is 0.243 e.